The number of rotatable bonds is 4. The molecular weight excluding hydrogens is 202 g/mol. The lowest BCUT2D eigenvalue weighted by Gasteiger charge is -2.22. The Morgan fingerprint density at radius 3 is 2.79 bits per heavy atom. The Morgan fingerprint density at radius 2 is 2.21 bits per heavy atom. The molecule has 0 aromatic rings. The SMILES string of the molecule is CCCC(=O)CC1CS(=O)(=O)CCN1. The minimum Gasteiger partial charge on any atom is -0.312 e. The van der Waals surface area contributed by atoms with E-state index in [2.05, 4.69) is 5.32 Å². The number of hydrogen-bond donors (Lipinski definition) is 1. The first kappa shape index (κ1) is 11.7. The Kier molecular flexibility index (Phi) is 4.07. The molecule has 1 heterocycles. The second kappa shape index (κ2) is 4.89. The van der Waals surface area contributed by atoms with Crippen LogP contribution in [0, 0.1) is 0 Å². The first-order chi connectivity index (χ1) is 6.53. The zero-order chi connectivity index (χ0) is 10.6. The summed E-state index contributed by atoms with van der Waals surface area (Å²) in [5.74, 6) is 0.468. The van der Waals surface area contributed by atoms with Gasteiger partial charge in [0, 0.05) is 25.4 Å². The van der Waals surface area contributed by atoms with Gasteiger partial charge in [-0.1, -0.05) is 6.92 Å². The maximum absolute atomic E-state index is 11.3. The third-order valence-electron chi connectivity index (χ3n) is 2.30. The second-order valence-corrected chi connectivity index (χ2v) is 5.99. The van der Waals surface area contributed by atoms with E-state index in [1.54, 1.807) is 0 Å². The van der Waals surface area contributed by atoms with Crippen LogP contribution in [0.15, 0.2) is 0 Å². The number of sulfone groups is 1. The van der Waals surface area contributed by atoms with E-state index < -0.39 is 9.84 Å². The molecule has 14 heavy (non-hydrogen) atoms. The van der Waals surface area contributed by atoms with Crippen molar-refractivity contribution in [3.05, 3.63) is 0 Å². The Bertz CT molecular complexity index is 297. The molecule has 1 atom stereocenters. The van der Waals surface area contributed by atoms with Gasteiger partial charge in [-0.3, -0.25) is 4.79 Å². The van der Waals surface area contributed by atoms with E-state index in [9.17, 15) is 13.2 Å². The van der Waals surface area contributed by atoms with Crippen LogP contribution < -0.4 is 5.32 Å². The van der Waals surface area contributed by atoms with Gasteiger partial charge in [0.05, 0.1) is 11.5 Å². The number of carbonyl (C=O) groups is 1. The summed E-state index contributed by atoms with van der Waals surface area (Å²) in [6.45, 7) is 2.43. The summed E-state index contributed by atoms with van der Waals surface area (Å²) in [6.07, 6.45) is 1.74. The van der Waals surface area contributed by atoms with Gasteiger partial charge in [0.2, 0.25) is 0 Å². The van der Waals surface area contributed by atoms with Crippen molar-refractivity contribution in [2.24, 2.45) is 0 Å². The fourth-order valence-electron chi connectivity index (χ4n) is 1.65. The zero-order valence-corrected chi connectivity index (χ0v) is 9.27. The number of hydrogen-bond acceptors (Lipinski definition) is 4. The maximum Gasteiger partial charge on any atom is 0.153 e. The molecule has 0 bridgehead atoms. The van der Waals surface area contributed by atoms with Gasteiger partial charge in [0.1, 0.15) is 5.78 Å². The summed E-state index contributed by atoms with van der Waals surface area (Å²) in [4.78, 5) is 11.3. The summed E-state index contributed by atoms with van der Waals surface area (Å²) >= 11 is 0. The molecule has 0 aromatic heterocycles. The Balaban J connectivity index is 2.42. The van der Waals surface area contributed by atoms with E-state index in [1.165, 1.54) is 0 Å². The van der Waals surface area contributed by atoms with Crippen LogP contribution in [0.4, 0.5) is 0 Å². The van der Waals surface area contributed by atoms with Crippen LogP contribution in [0.1, 0.15) is 26.2 Å². The molecule has 1 fully saturated rings. The van der Waals surface area contributed by atoms with Crippen molar-refractivity contribution in [3.8, 4) is 0 Å². The Morgan fingerprint density at radius 1 is 1.50 bits per heavy atom. The van der Waals surface area contributed by atoms with Crippen molar-refractivity contribution in [2.75, 3.05) is 18.1 Å². The fraction of sp³-hybridized carbons (Fsp3) is 0.889. The summed E-state index contributed by atoms with van der Waals surface area (Å²) in [7, 11) is -2.91. The maximum atomic E-state index is 11.3. The van der Waals surface area contributed by atoms with Crippen LogP contribution in [-0.2, 0) is 14.6 Å². The average molecular weight is 219 g/mol. The van der Waals surface area contributed by atoms with E-state index in [4.69, 9.17) is 0 Å². The van der Waals surface area contributed by atoms with Crippen LogP contribution in [0.25, 0.3) is 0 Å². The van der Waals surface area contributed by atoms with Gasteiger partial charge in [-0.05, 0) is 6.42 Å². The fourth-order valence-corrected chi connectivity index (χ4v) is 3.10. The van der Waals surface area contributed by atoms with E-state index in [-0.39, 0.29) is 23.3 Å². The molecule has 4 nitrogen and oxygen atoms in total. The van der Waals surface area contributed by atoms with E-state index >= 15 is 0 Å². The summed E-state index contributed by atoms with van der Waals surface area (Å²) in [6, 6.07) is -0.159. The van der Waals surface area contributed by atoms with Gasteiger partial charge in [-0.15, -0.1) is 0 Å². The quantitative estimate of drug-likeness (QED) is 0.730. The molecule has 1 aliphatic rings. The van der Waals surface area contributed by atoms with Gasteiger partial charge in [-0.2, -0.15) is 0 Å². The van der Waals surface area contributed by atoms with Crippen LogP contribution in [0.3, 0.4) is 0 Å². The van der Waals surface area contributed by atoms with Crippen molar-refractivity contribution < 1.29 is 13.2 Å². The lowest BCUT2D eigenvalue weighted by atomic mass is 10.1. The smallest absolute Gasteiger partial charge is 0.153 e. The number of carbonyl (C=O) groups excluding carboxylic acids is 1. The number of ketones is 1. The molecular formula is C9H17NO3S. The molecule has 1 unspecified atom stereocenters. The minimum atomic E-state index is -2.91. The van der Waals surface area contributed by atoms with Crippen molar-refractivity contribution in [2.45, 2.75) is 32.2 Å². The normalized spacial score (nSPS) is 25.9. The van der Waals surface area contributed by atoms with Crippen LogP contribution in [0.2, 0.25) is 0 Å². The third-order valence-corrected chi connectivity index (χ3v) is 4.04. The number of Topliss-reactive ketones (excluding diaryl/α,β-unsaturated/α-hetero) is 1. The molecule has 1 N–H and O–H groups in total. The van der Waals surface area contributed by atoms with E-state index in [0.717, 1.165) is 6.42 Å². The summed E-state index contributed by atoms with van der Waals surface area (Å²) in [5.41, 5.74) is 0. The molecule has 0 radical (unpaired) electrons. The van der Waals surface area contributed by atoms with Gasteiger partial charge >= 0.3 is 0 Å². The molecule has 82 valence electrons. The van der Waals surface area contributed by atoms with E-state index in [0.29, 0.717) is 19.4 Å². The number of nitrogens with one attached hydrogen (secondary N) is 1. The first-order valence-electron chi connectivity index (χ1n) is 4.99. The standard InChI is InChI=1S/C9H17NO3S/c1-2-3-9(11)6-8-7-14(12,13)5-4-10-8/h8,10H,2-7H2,1H3. The predicted molar refractivity (Wildman–Crippen MR) is 55.0 cm³/mol. The van der Waals surface area contributed by atoms with Gasteiger partial charge in [0.15, 0.2) is 9.84 Å². The minimum absolute atomic E-state index is 0.114. The molecule has 0 saturated carbocycles. The van der Waals surface area contributed by atoms with Crippen LogP contribution in [0.5, 0.6) is 0 Å². The highest BCUT2D eigenvalue weighted by Crippen LogP contribution is 2.07. The lowest BCUT2D eigenvalue weighted by molar-refractivity contribution is -0.119. The monoisotopic (exact) mass is 219 g/mol. The van der Waals surface area contributed by atoms with E-state index in [1.807, 2.05) is 6.92 Å². The van der Waals surface area contributed by atoms with Crippen LogP contribution in [-0.4, -0.2) is 38.3 Å². The van der Waals surface area contributed by atoms with Crippen molar-refractivity contribution in [3.63, 3.8) is 0 Å². The van der Waals surface area contributed by atoms with Gasteiger partial charge < -0.3 is 5.32 Å². The van der Waals surface area contributed by atoms with Crippen molar-refractivity contribution in [1.82, 2.24) is 5.32 Å². The molecule has 5 heteroatoms. The van der Waals surface area contributed by atoms with Crippen molar-refractivity contribution >= 4 is 15.6 Å². The highest BCUT2D eigenvalue weighted by atomic mass is 32.2. The summed E-state index contributed by atoms with van der Waals surface area (Å²) < 4.78 is 22.5. The molecule has 0 aliphatic carbocycles. The Hall–Kier alpha value is -0.420. The summed E-state index contributed by atoms with van der Waals surface area (Å²) in [5, 5.41) is 3.06. The third kappa shape index (κ3) is 3.75. The van der Waals surface area contributed by atoms with Gasteiger partial charge in [0.25, 0.3) is 0 Å². The predicted octanol–water partition coefficient (Wildman–Crippen LogP) is 0.132. The highest BCUT2D eigenvalue weighted by Gasteiger charge is 2.25. The molecule has 0 aromatic carbocycles. The first-order valence-corrected chi connectivity index (χ1v) is 6.81. The lowest BCUT2D eigenvalue weighted by Crippen LogP contribution is -2.45. The van der Waals surface area contributed by atoms with Crippen LogP contribution >= 0.6 is 0 Å². The van der Waals surface area contributed by atoms with Gasteiger partial charge in [-0.25, -0.2) is 8.42 Å². The molecule has 0 spiro atoms. The largest absolute Gasteiger partial charge is 0.312 e. The van der Waals surface area contributed by atoms with Crippen molar-refractivity contribution in [1.29, 1.82) is 0 Å². The molecule has 1 saturated heterocycles. The molecule has 1 aliphatic heterocycles. The zero-order valence-electron chi connectivity index (χ0n) is 8.45. The second-order valence-electron chi connectivity index (χ2n) is 3.76. The molecule has 0 amide bonds. The Labute approximate surface area is 85.0 Å². The average Bonchev–Trinajstić information content (AvgIpc) is 2.02. The molecule has 1 rings (SSSR count). The highest BCUT2D eigenvalue weighted by molar-refractivity contribution is 7.91. The topological polar surface area (TPSA) is 63.2 Å².